The molecule has 0 atom stereocenters. The zero-order chi connectivity index (χ0) is 16.1. The van der Waals surface area contributed by atoms with E-state index in [1.54, 1.807) is 30.1 Å². The molecule has 0 aliphatic rings. The van der Waals surface area contributed by atoms with Crippen LogP contribution < -0.4 is 4.74 Å². The molecular weight excluding hydrogens is 278 g/mol. The maximum Gasteiger partial charge on any atom is 0.257 e. The Morgan fingerprint density at radius 2 is 1.86 bits per heavy atom. The number of aryl methyl sites for hydroxylation is 2. The molecule has 4 nitrogen and oxygen atoms in total. The number of amides is 1. The summed E-state index contributed by atoms with van der Waals surface area (Å²) in [5.74, 6) is 0.579. The summed E-state index contributed by atoms with van der Waals surface area (Å²) in [6, 6.07) is 12.8. The van der Waals surface area contributed by atoms with E-state index in [-0.39, 0.29) is 11.7 Å². The molecule has 0 bridgehead atoms. The van der Waals surface area contributed by atoms with E-state index >= 15 is 0 Å². The number of hydrogen-bond donors (Lipinski definition) is 1. The van der Waals surface area contributed by atoms with Gasteiger partial charge in [0, 0.05) is 7.05 Å². The van der Waals surface area contributed by atoms with Crippen LogP contribution in [0.5, 0.6) is 11.5 Å². The average Bonchev–Trinajstić information content (AvgIpc) is 2.49. The Labute approximate surface area is 131 Å². The summed E-state index contributed by atoms with van der Waals surface area (Å²) in [6.07, 6.45) is 0. The molecule has 116 valence electrons. The number of benzene rings is 2. The Bertz CT molecular complexity index is 667. The van der Waals surface area contributed by atoms with Crippen molar-refractivity contribution in [3.05, 3.63) is 59.2 Å². The number of phenolic OH excluding ortho intramolecular Hbond substituents is 1. The third kappa shape index (κ3) is 4.01. The lowest BCUT2D eigenvalue weighted by molar-refractivity contribution is 0.0770. The highest BCUT2D eigenvalue weighted by Crippen LogP contribution is 2.19. The van der Waals surface area contributed by atoms with Crippen molar-refractivity contribution in [1.29, 1.82) is 0 Å². The van der Waals surface area contributed by atoms with Crippen LogP contribution in [0.15, 0.2) is 42.5 Å². The van der Waals surface area contributed by atoms with Crippen molar-refractivity contribution in [2.45, 2.75) is 13.8 Å². The molecule has 2 aromatic rings. The Hall–Kier alpha value is -2.49. The van der Waals surface area contributed by atoms with Gasteiger partial charge in [-0.3, -0.25) is 4.79 Å². The predicted molar refractivity (Wildman–Crippen MR) is 86.5 cm³/mol. The minimum atomic E-state index is -0.214. The first-order chi connectivity index (χ1) is 10.5. The lowest BCUT2D eigenvalue weighted by Crippen LogP contribution is -2.31. The number of aromatic hydroxyl groups is 1. The maximum atomic E-state index is 12.3. The highest BCUT2D eigenvalue weighted by molar-refractivity contribution is 5.96. The topological polar surface area (TPSA) is 49.8 Å². The van der Waals surface area contributed by atoms with Gasteiger partial charge < -0.3 is 14.7 Å². The van der Waals surface area contributed by atoms with E-state index in [1.165, 1.54) is 0 Å². The van der Waals surface area contributed by atoms with Crippen molar-refractivity contribution in [2.75, 3.05) is 20.2 Å². The van der Waals surface area contributed by atoms with Crippen molar-refractivity contribution in [2.24, 2.45) is 0 Å². The summed E-state index contributed by atoms with van der Waals surface area (Å²) in [7, 11) is 1.70. The van der Waals surface area contributed by atoms with E-state index in [9.17, 15) is 9.90 Å². The molecule has 0 spiro atoms. The standard InChI is InChI=1S/C18H21NO3/c1-13-5-4-6-15(11-13)22-10-9-19(3)18(21)16-12-14(2)7-8-17(16)20/h4-8,11-12,20H,9-10H2,1-3H3. The Morgan fingerprint density at radius 1 is 1.14 bits per heavy atom. The molecule has 1 amide bonds. The van der Waals surface area contributed by atoms with Crippen molar-refractivity contribution in [1.82, 2.24) is 4.90 Å². The van der Waals surface area contributed by atoms with Gasteiger partial charge in [-0.2, -0.15) is 0 Å². The number of phenols is 1. The molecule has 0 aliphatic carbocycles. The second-order valence-electron chi connectivity index (χ2n) is 5.41. The predicted octanol–water partition coefficient (Wildman–Crippen LogP) is 3.16. The molecule has 0 saturated heterocycles. The minimum absolute atomic E-state index is 0.00190. The van der Waals surface area contributed by atoms with Crippen LogP contribution in [0.2, 0.25) is 0 Å². The molecular formula is C18H21NO3. The fraction of sp³-hybridized carbons (Fsp3) is 0.278. The SMILES string of the molecule is Cc1cccc(OCCN(C)C(=O)c2cc(C)ccc2O)c1. The van der Waals surface area contributed by atoms with Gasteiger partial charge in [0.05, 0.1) is 12.1 Å². The summed E-state index contributed by atoms with van der Waals surface area (Å²) in [5, 5.41) is 9.81. The molecule has 0 saturated carbocycles. The van der Waals surface area contributed by atoms with Crippen LogP contribution in [0.3, 0.4) is 0 Å². The summed E-state index contributed by atoms with van der Waals surface area (Å²) >= 11 is 0. The van der Waals surface area contributed by atoms with Gasteiger partial charge in [-0.25, -0.2) is 0 Å². The van der Waals surface area contributed by atoms with E-state index in [1.807, 2.05) is 38.1 Å². The quantitative estimate of drug-likeness (QED) is 0.922. The molecule has 1 N–H and O–H groups in total. The van der Waals surface area contributed by atoms with Crippen molar-refractivity contribution in [3.63, 3.8) is 0 Å². The van der Waals surface area contributed by atoms with Crippen LogP contribution >= 0.6 is 0 Å². The van der Waals surface area contributed by atoms with Crippen molar-refractivity contribution >= 4 is 5.91 Å². The van der Waals surface area contributed by atoms with E-state index in [4.69, 9.17) is 4.74 Å². The minimum Gasteiger partial charge on any atom is -0.507 e. The molecule has 22 heavy (non-hydrogen) atoms. The zero-order valence-electron chi connectivity index (χ0n) is 13.2. The molecule has 2 aromatic carbocycles. The average molecular weight is 299 g/mol. The van der Waals surface area contributed by atoms with Crippen LogP contribution in [0.4, 0.5) is 0 Å². The van der Waals surface area contributed by atoms with Crippen LogP contribution in [-0.4, -0.2) is 36.1 Å². The van der Waals surface area contributed by atoms with Crippen LogP contribution in [0.1, 0.15) is 21.5 Å². The summed E-state index contributed by atoms with van der Waals surface area (Å²) in [6.45, 7) is 4.73. The lowest BCUT2D eigenvalue weighted by atomic mass is 10.1. The summed E-state index contributed by atoms with van der Waals surface area (Å²) < 4.78 is 5.64. The molecule has 0 fully saturated rings. The largest absolute Gasteiger partial charge is 0.507 e. The highest BCUT2D eigenvalue weighted by Gasteiger charge is 2.15. The first kappa shape index (κ1) is 15.9. The number of hydrogen-bond acceptors (Lipinski definition) is 3. The lowest BCUT2D eigenvalue weighted by Gasteiger charge is -2.18. The molecule has 4 heteroatoms. The summed E-state index contributed by atoms with van der Waals surface area (Å²) in [5.41, 5.74) is 2.38. The van der Waals surface area contributed by atoms with Gasteiger partial charge in [0.15, 0.2) is 0 Å². The Morgan fingerprint density at radius 3 is 2.59 bits per heavy atom. The van der Waals surface area contributed by atoms with Crippen LogP contribution in [-0.2, 0) is 0 Å². The Balaban J connectivity index is 1.93. The number of carbonyl (C=O) groups excluding carboxylic acids is 1. The number of ether oxygens (including phenoxy) is 1. The molecule has 2 rings (SSSR count). The second-order valence-corrected chi connectivity index (χ2v) is 5.41. The van der Waals surface area contributed by atoms with E-state index < -0.39 is 0 Å². The summed E-state index contributed by atoms with van der Waals surface area (Å²) in [4.78, 5) is 13.9. The van der Waals surface area contributed by atoms with Crippen LogP contribution in [0.25, 0.3) is 0 Å². The fourth-order valence-electron chi connectivity index (χ4n) is 2.13. The van der Waals surface area contributed by atoms with E-state index in [0.717, 1.165) is 16.9 Å². The van der Waals surface area contributed by atoms with E-state index in [0.29, 0.717) is 18.7 Å². The van der Waals surface area contributed by atoms with Crippen LogP contribution in [0, 0.1) is 13.8 Å². The molecule has 0 aromatic heterocycles. The van der Waals surface area contributed by atoms with Gasteiger partial charge in [0.1, 0.15) is 18.1 Å². The van der Waals surface area contributed by atoms with Gasteiger partial charge >= 0.3 is 0 Å². The van der Waals surface area contributed by atoms with Crippen molar-refractivity contribution < 1.29 is 14.6 Å². The van der Waals surface area contributed by atoms with Gasteiger partial charge in [-0.05, 0) is 43.7 Å². The second kappa shape index (κ2) is 6.98. The molecule has 0 unspecified atom stereocenters. The zero-order valence-corrected chi connectivity index (χ0v) is 13.2. The monoisotopic (exact) mass is 299 g/mol. The van der Waals surface area contributed by atoms with Crippen molar-refractivity contribution in [3.8, 4) is 11.5 Å². The number of rotatable bonds is 5. The third-order valence-corrected chi connectivity index (χ3v) is 3.41. The molecule has 0 aliphatic heterocycles. The maximum absolute atomic E-state index is 12.3. The molecule has 0 radical (unpaired) electrons. The van der Waals surface area contributed by atoms with Gasteiger partial charge in [0.25, 0.3) is 5.91 Å². The number of likely N-dealkylation sites (N-methyl/N-ethyl adjacent to an activating group) is 1. The number of carbonyl (C=O) groups is 1. The smallest absolute Gasteiger partial charge is 0.257 e. The Kier molecular flexibility index (Phi) is 5.04. The fourth-order valence-corrected chi connectivity index (χ4v) is 2.13. The van der Waals surface area contributed by atoms with E-state index in [2.05, 4.69) is 0 Å². The van der Waals surface area contributed by atoms with Gasteiger partial charge in [-0.15, -0.1) is 0 Å². The molecule has 0 heterocycles. The first-order valence-corrected chi connectivity index (χ1v) is 7.22. The first-order valence-electron chi connectivity index (χ1n) is 7.22. The highest BCUT2D eigenvalue weighted by atomic mass is 16.5. The normalized spacial score (nSPS) is 10.3. The third-order valence-electron chi connectivity index (χ3n) is 3.41. The number of nitrogens with zero attached hydrogens (tertiary/aromatic N) is 1. The van der Waals surface area contributed by atoms with Gasteiger partial charge in [0.2, 0.25) is 0 Å². The van der Waals surface area contributed by atoms with Gasteiger partial charge in [-0.1, -0.05) is 23.8 Å².